The Balaban J connectivity index is 2.24. The van der Waals surface area contributed by atoms with Crippen molar-refractivity contribution in [1.82, 2.24) is 16.0 Å². The van der Waals surface area contributed by atoms with Gasteiger partial charge in [-0.3, -0.25) is 9.59 Å². The number of rotatable bonds is 17. The lowest BCUT2D eigenvalue weighted by molar-refractivity contribution is -0.159. The molecule has 0 aliphatic heterocycles. The molecule has 2 aromatic carbocycles. The number of unbranched alkanes of at least 4 members (excludes halogenated alkanes) is 2. The first-order valence-electron chi connectivity index (χ1n) is 14.6. The van der Waals surface area contributed by atoms with Crippen molar-refractivity contribution in [1.29, 1.82) is 0 Å². The summed E-state index contributed by atoms with van der Waals surface area (Å²) in [5.74, 6) is -4.26. The van der Waals surface area contributed by atoms with Crippen LogP contribution >= 0.6 is 0 Å². The molecule has 0 aliphatic rings. The van der Waals surface area contributed by atoms with Crippen LogP contribution in [0.25, 0.3) is 0 Å². The van der Waals surface area contributed by atoms with E-state index in [0.717, 1.165) is 24.8 Å². The van der Waals surface area contributed by atoms with Gasteiger partial charge in [-0.15, -0.1) is 0 Å². The first kappa shape index (κ1) is 35.6. The van der Waals surface area contributed by atoms with E-state index in [-0.39, 0.29) is 18.6 Å². The van der Waals surface area contributed by atoms with Gasteiger partial charge in [-0.25, -0.2) is 14.4 Å². The molecule has 2 aromatic rings. The van der Waals surface area contributed by atoms with Crippen LogP contribution in [0, 0.1) is 0 Å². The van der Waals surface area contributed by atoms with Crippen LogP contribution in [0.5, 0.6) is 5.75 Å². The fraction of sp³-hybridized carbons (Fsp3) is 0.469. The summed E-state index contributed by atoms with van der Waals surface area (Å²) < 4.78 is 10.4. The van der Waals surface area contributed by atoms with E-state index in [1.165, 1.54) is 12.1 Å². The van der Waals surface area contributed by atoms with Crippen molar-refractivity contribution in [2.75, 3.05) is 6.54 Å². The Morgan fingerprint density at radius 1 is 0.795 bits per heavy atom. The molecule has 2 rings (SSSR count). The molecular formula is C32H43N3O9. The Morgan fingerprint density at radius 2 is 1.43 bits per heavy atom. The van der Waals surface area contributed by atoms with Crippen LogP contribution in [-0.4, -0.2) is 70.4 Å². The Hall–Kier alpha value is -4.61. The molecule has 0 heterocycles. The zero-order valence-corrected chi connectivity index (χ0v) is 25.6. The molecule has 0 aromatic heterocycles. The third-order valence-electron chi connectivity index (χ3n) is 6.35. The van der Waals surface area contributed by atoms with E-state index in [2.05, 4.69) is 16.0 Å². The summed E-state index contributed by atoms with van der Waals surface area (Å²) in [7, 11) is 0. The highest BCUT2D eigenvalue weighted by atomic mass is 16.6. The normalized spacial score (nSPS) is 12.5. The van der Waals surface area contributed by atoms with Gasteiger partial charge in [-0.1, -0.05) is 62.2 Å². The van der Waals surface area contributed by atoms with Gasteiger partial charge in [0.1, 0.15) is 23.4 Å². The maximum atomic E-state index is 13.6. The number of ether oxygens (including phenoxy) is 2. The predicted molar refractivity (Wildman–Crippen MR) is 162 cm³/mol. The van der Waals surface area contributed by atoms with Crippen LogP contribution in [0.1, 0.15) is 64.5 Å². The van der Waals surface area contributed by atoms with E-state index in [9.17, 15) is 24.0 Å². The minimum atomic E-state index is -2.08. The van der Waals surface area contributed by atoms with E-state index in [0.29, 0.717) is 18.5 Å². The number of hydrogen-bond donors (Lipinski definition) is 5. The quantitative estimate of drug-likeness (QED) is 0.132. The number of hydrogen-bond acceptors (Lipinski definition) is 7. The molecule has 5 N–H and O–H groups in total. The van der Waals surface area contributed by atoms with E-state index in [1.807, 2.05) is 37.3 Å². The summed E-state index contributed by atoms with van der Waals surface area (Å²) in [6.45, 7) is 7.60. The van der Waals surface area contributed by atoms with Crippen molar-refractivity contribution in [3.63, 3.8) is 0 Å². The smallest absolute Gasteiger partial charge is 0.408 e. The van der Waals surface area contributed by atoms with Crippen LogP contribution in [0.3, 0.4) is 0 Å². The first-order valence-corrected chi connectivity index (χ1v) is 14.6. The molecule has 12 heteroatoms. The summed E-state index contributed by atoms with van der Waals surface area (Å²) in [6.07, 6.45) is 0.615. The molecule has 2 atom stereocenters. The second kappa shape index (κ2) is 17.5. The Kier molecular flexibility index (Phi) is 14.1. The second-order valence-corrected chi connectivity index (χ2v) is 11.3. The average molecular weight is 614 g/mol. The molecule has 0 unspecified atom stereocenters. The highest BCUT2D eigenvalue weighted by Crippen LogP contribution is 2.16. The van der Waals surface area contributed by atoms with Gasteiger partial charge in [0.2, 0.25) is 11.8 Å². The van der Waals surface area contributed by atoms with Crippen LogP contribution in [0.4, 0.5) is 4.79 Å². The van der Waals surface area contributed by atoms with Crippen molar-refractivity contribution in [2.24, 2.45) is 0 Å². The maximum Gasteiger partial charge on any atom is 0.408 e. The number of carboxylic acids is 2. The second-order valence-electron chi connectivity index (χ2n) is 11.3. The molecule has 3 amide bonds. The summed E-state index contributed by atoms with van der Waals surface area (Å²) in [6, 6.07) is 13.3. The number of aliphatic carboxylic acids is 2. The molecule has 12 nitrogen and oxygen atoms in total. The molecule has 0 bridgehead atoms. The topological polar surface area (TPSA) is 180 Å². The van der Waals surface area contributed by atoms with E-state index >= 15 is 0 Å². The van der Waals surface area contributed by atoms with Crippen LogP contribution in [0.2, 0.25) is 0 Å². The van der Waals surface area contributed by atoms with E-state index < -0.39 is 53.6 Å². The third-order valence-corrected chi connectivity index (χ3v) is 6.35. The number of carboxylic acid groups (broad SMARTS) is 2. The highest BCUT2D eigenvalue weighted by Gasteiger charge is 2.30. The molecule has 0 radical (unpaired) electrons. The van der Waals surface area contributed by atoms with Crippen LogP contribution in [0.15, 0.2) is 54.6 Å². The summed E-state index contributed by atoms with van der Waals surface area (Å²) >= 11 is 0. The number of carbonyl (C=O) groups is 5. The zero-order chi connectivity index (χ0) is 32.7. The van der Waals surface area contributed by atoms with Gasteiger partial charge < -0.3 is 35.6 Å². The Morgan fingerprint density at radius 3 is 2.00 bits per heavy atom. The lowest BCUT2D eigenvalue weighted by atomic mass is 10.0. The molecule has 44 heavy (non-hydrogen) atoms. The van der Waals surface area contributed by atoms with Gasteiger partial charge in [0.05, 0.1) is 0 Å². The third kappa shape index (κ3) is 13.1. The lowest BCUT2D eigenvalue weighted by Gasteiger charge is -2.25. The van der Waals surface area contributed by atoms with Gasteiger partial charge in [0.25, 0.3) is 6.10 Å². The largest absolute Gasteiger partial charge is 0.478 e. The van der Waals surface area contributed by atoms with Crippen molar-refractivity contribution in [3.8, 4) is 5.75 Å². The maximum absolute atomic E-state index is 13.6. The predicted octanol–water partition coefficient (Wildman–Crippen LogP) is 3.46. The standard InChI is InChI=1S/C32H43N3O9/c1-5-6-10-19-33-27(36)25(20-22-13-16-23(17-14-22)43-26(29(38)39)30(40)41)34-28(37)24(35-31(42)44-32(2,3)4)18-15-21-11-8-7-9-12-21/h7-9,11-14,16-17,24-26H,5-6,10,15,18-20H2,1-4H3,(H,33,36)(H,34,37)(H,35,42)(H,38,39)(H,40,41)/t24-,25-/m0/s1. The summed E-state index contributed by atoms with van der Waals surface area (Å²) in [5.41, 5.74) is 0.780. The molecule has 0 fully saturated rings. The lowest BCUT2D eigenvalue weighted by Crippen LogP contribution is -2.55. The molecular weight excluding hydrogens is 570 g/mol. The minimum Gasteiger partial charge on any atom is -0.478 e. The first-order chi connectivity index (χ1) is 20.8. The van der Waals surface area contributed by atoms with Crippen LogP contribution < -0.4 is 20.7 Å². The molecule has 0 aliphatic carbocycles. The van der Waals surface area contributed by atoms with E-state index in [1.54, 1.807) is 32.9 Å². The molecule has 0 saturated carbocycles. The molecule has 0 saturated heterocycles. The SMILES string of the molecule is CCCCCNC(=O)[C@H](Cc1ccc(OC(C(=O)O)C(=O)O)cc1)NC(=O)[C@H](CCc1ccccc1)NC(=O)OC(C)(C)C. The van der Waals surface area contributed by atoms with Gasteiger partial charge in [-0.2, -0.15) is 0 Å². The molecule has 240 valence electrons. The number of nitrogens with one attached hydrogen (secondary N) is 3. The van der Waals surface area contributed by atoms with Gasteiger partial charge in [-0.05, 0) is 63.3 Å². The summed E-state index contributed by atoms with van der Waals surface area (Å²) in [5, 5.41) is 26.4. The van der Waals surface area contributed by atoms with Crippen molar-refractivity contribution < 1.29 is 43.7 Å². The van der Waals surface area contributed by atoms with Crippen molar-refractivity contribution in [3.05, 3.63) is 65.7 Å². The summed E-state index contributed by atoms with van der Waals surface area (Å²) in [4.78, 5) is 61.7. The zero-order valence-electron chi connectivity index (χ0n) is 25.6. The monoisotopic (exact) mass is 613 g/mol. The Labute approximate surface area is 257 Å². The van der Waals surface area contributed by atoms with Crippen molar-refractivity contribution >= 4 is 29.8 Å². The number of amides is 3. The van der Waals surface area contributed by atoms with Gasteiger partial charge in [0, 0.05) is 13.0 Å². The minimum absolute atomic E-state index is 0.00990. The number of benzene rings is 2. The number of aryl methyl sites for hydroxylation is 1. The average Bonchev–Trinajstić information content (AvgIpc) is 2.95. The number of alkyl carbamates (subject to hydrolysis) is 1. The fourth-order valence-electron chi connectivity index (χ4n) is 4.15. The fourth-order valence-corrected chi connectivity index (χ4v) is 4.15. The van der Waals surface area contributed by atoms with Gasteiger partial charge >= 0.3 is 18.0 Å². The van der Waals surface area contributed by atoms with Gasteiger partial charge in [0.15, 0.2) is 0 Å². The Bertz CT molecular complexity index is 1230. The molecule has 0 spiro atoms. The van der Waals surface area contributed by atoms with Crippen molar-refractivity contribution in [2.45, 2.75) is 90.0 Å². The van der Waals surface area contributed by atoms with Crippen LogP contribution in [-0.2, 0) is 36.8 Å². The highest BCUT2D eigenvalue weighted by molar-refractivity contribution is 5.96. The number of carbonyl (C=O) groups excluding carboxylic acids is 3. The van der Waals surface area contributed by atoms with E-state index in [4.69, 9.17) is 19.7 Å².